The van der Waals surface area contributed by atoms with E-state index >= 15 is 0 Å². The number of ether oxygens (including phenoxy) is 1. The number of aliphatic hydroxyl groups is 1. The molecule has 0 aliphatic carbocycles. The van der Waals surface area contributed by atoms with Crippen LogP contribution < -0.4 is 4.43 Å². The molecule has 0 radical (unpaired) electrons. The Morgan fingerprint density at radius 2 is 1.77 bits per heavy atom. The molecular formula is C17H28O4Si. The molecule has 0 spiro atoms. The van der Waals surface area contributed by atoms with Gasteiger partial charge in [-0.1, -0.05) is 32.9 Å². The van der Waals surface area contributed by atoms with E-state index in [1.165, 1.54) is 0 Å². The molecule has 0 aliphatic heterocycles. The maximum Gasteiger partial charge on any atom is 0.308 e. The minimum atomic E-state index is -1.86. The van der Waals surface area contributed by atoms with Gasteiger partial charge in [-0.2, -0.15) is 0 Å². The van der Waals surface area contributed by atoms with Gasteiger partial charge in [0.2, 0.25) is 8.32 Å². The van der Waals surface area contributed by atoms with Gasteiger partial charge >= 0.3 is 5.97 Å². The van der Waals surface area contributed by atoms with Crippen LogP contribution in [0, 0.1) is 0 Å². The van der Waals surface area contributed by atoms with E-state index in [4.69, 9.17) is 9.16 Å². The second-order valence-electron chi connectivity index (χ2n) is 6.96. The average Bonchev–Trinajstić information content (AvgIpc) is 2.37. The Balaban J connectivity index is 2.73. The normalized spacial score (nSPS) is 13.6. The fourth-order valence-corrected chi connectivity index (χ4v) is 2.73. The van der Waals surface area contributed by atoms with Gasteiger partial charge in [-0.25, -0.2) is 0 Å². The standard InChI is InChI=1S/C17H28O4Si/c1-7-20-16(19)12-15(18)13-8-10-14(11-9-13)21-22(5,6)17(2,3)4/h8-11,15,18H,7,12H2,1-6H3/t15-/m1/s1. The molecule has 5 heteroatoms. The van der Waals surface area contributed by atoms with E-state index < -0.39 is 20.4 Å². The molecule has 1 aromatic rings. The van der Waals surface area contributed by atoms with Crippen LogP contribution in [0.2, 0.25) is 18.1 Å². The van der Waals surface area contributed by atoms with Crippen LogP contribution in [0.3, 0.4) is 0 Å². The van der Waals surface area contributed by atoms with Gasteiger partial charge in [0.25, 0.3) is 0 Å². The van der Waals surface area contributed by atoms with Crippen molar-refractivity contribution in [2.24, 2.45) is 0 Å². The summed E-state index contributed by atoms with van der Waals surface area (Å²) < 4.78 is 11.0. The van der Waals surface area contributed by atoms with Gasteiger partial charge in [-0.15, -0.1) is 0 Å². The lowest BCUT2D eigenvalue weighted by Gasteiger charge is -2.36. The van der Waals surface area contributed by atoms with Crippen LogP contribution in [0.4, 0.5) is 0 Å². The summed E-state index contributed by atoms with van der Waals surface area (Å²) >= 11 is 0. The summed E-state index contributed by atoms with van der Waals surface area (Å²) in [4.78, 5) is 11.4. The van der Waals surface area contributed by atoms with Crippen molar-refractivity contribution < 1.29 is 19.1 Å². The summed E-state index contributed by atoms with van der Waals surface area (Å²) in [5.41, 5.74) is 0.690. The van der Waals surface area contributed by atoms with E-state index in [0.29, 0.717) is 12.2 Å². The summed E-state index contributed by atoms with van der Waals surface area (Å²) in [6.45, 7) is 13.0. The fraction of sp³-hybridized carbons (Fsp3) is 0.588. The molecule has 22 heavy (non-hydrogen) atoms. The number of benzene rings is 1. The minimum absolute atomic E-state index is 0.0315. The quantitative estimate of drug-likeness (QED) is 0.633. The van der Waals surface area contributed by atoms with Gasteiger partial charge in [-0.05, 0) is 42.8 Å². The first-order valence-corrected chi connectivity index (χ1v) is 10.6. The van der Waals surface area contributed by atoms with Gasteiger partial charge in [0.1, 0.15) is 5.75 Å². The first kappa shape index (κ1) is 18.7. The third-order valence-electron chi connectivity index (χ3n) is 4.11. The Labute approximate surface area is 134 Å². The molecule has 0 saturated carbocycles. The number of esters is 1. The van der Waals surface area contributed by atoms with Crippen molar-refractivity contribution in [3.8, 4) is 5.75 Å². The molecule has 0 saturated heterocycles. The summed E-state index contributed by atoms with van der Waals surface area (Å²) in [5, 5.41) is 10.2. The van der Waals surface area contributed by atoms with Gasteiger partial charge in [-0.3, -0.25) is 4.79 Å². The molecule has 0 aromatic heterocycles. The van der Waals surface area contributed by atoms with Crippen molar-refractivity contribution in [2.75, 3.05) is 6.61 Å². The number of hydrogen-bond donors (Lipinski definition) is 1. The zero-order valence-electron chi connectivity index (χ0n) is 14.5. The van der Waals surface area contributed by atoms with E-state index in [9.17, 15) is 9.90 Å². The zero-order chi connectivity index (χ0) is 17.0. The highest BCUT2D eigenvalue weighted by Crippen LogP contribution is 2.37. The highest BCUT2D eigenvalue weighted by atomic mass is 28.4. The van der Waals surface area contributed by atoms with Gasteiger partial charge in [0.05, 0.1) is 19.1 Å². The number of aliphatic hydroxyl groups excluding tert-OH is 1. The average molecular weight is 324 g/mol. The Bertz CT molecular complexity index is 488. The summed E-state index contributed by atoms with van der Waals surface area (Å²) in [5.74, 6) is 0.412. The van der Waals surface area contributed by atoms with Crippen molar-refractivity contribution in [3.63, 3.8) is 0 Å². The molecule has 4 nitrogen and oxygen atoms in total. The Morgan fingerprint density at radius 1 is 1.23 bits per heavy atom. The molecule has 0 aliphatic rings. The highest BCUT2D eigenvalue weighted by Gasteiger charge is 2.38. The fourth-order valence-electron chi connectivity index (χ4n) is 1.70. The van der Waals surface area contributed by atoms with Gasteiger partial charge in [0, 0.05) is 0 Å². The summed E-state index contributed by atoms with van der Waals surface area (Å²) in [6, 6.07) is 7.30. The van der Waals surface area contributed by atoms with Crippen LogP contribution in [-0.4, -0.2) is 26.0 Å². The molecule has 0 bridgehead atoms. The molecule has 1 rings (SSSR count). The molecule has 1 N–H and O–H groups in total. The first-order valence-electron chi connectivity index (χ1n) is 7.69. The summed E-state index contributed by atoms with van der Waals surface area (Å²) in [6.07, 6.45) is -0.878. The van der Waals surface area contributed by atoms with E-state index in [2.05, 4.69) is 33.9 Å². The predicted octanol–water partition coefficient (Wildman–Crippen LogP) is 4.06. The Hall–Kier alpha value is -1.33. The maximum absolute atomic E-state index is 11.4. The molecule has 0 unspecified atom stereocenters. The molecular weight excluding hydrogens is 296 g/mol. The van der Waals surface area contributed by atoms with Crippen molar-refractivity contribution >= 4 is 14.3 Å². The van der Waals surface area contributed by atoms with Gasteiger partial charge in [0.15, 0.2) is 0 Å². The molecule has 124 valence electrons. The largest absolute Gasteiger partial charge is 0.544 e. The first-order chi connectivity index (χ1) is 10.1. The van der Waals surface area contributed by atoms with Crippen molar-refractivity contribution in [2.45, 2.75) is 58.4 Å². The van der Waals surface area contributed by atoms with Crippen molar-refractivity contribution in [3.05, 3.63) is 29.8 Å². The third-order valence-corrected chi connectivity index (χ3v) is 8.47. The molecule has 1 atom stereocenters. The number of carbonyl (C=O) groups is 1. The lowest BCUT2D eigenvalue weighted by Crippen LogP contribution is -2.43. The van der Waals surface area contributed by atoms with Crippen LogP contribution in [0.15, 0.2) is 24.3 Å². The molecule has 0 amide bonds. The van der Waals surface area contributed by atoms with E-state index in [0.717, 1.165) is 5.75 Å². The van der Waals surface area contributed by atoms with Crippen LogP contribution in [-0.2, 0) is 9.53 Å². The molecule has 0 fully saturated rings. The lowest BCUT2D eigenvalue weighted by atomic mass is 10.1. The zero-order valence-corrected chi connectivity index (χ0v) is 15.5. The van der Waals surface area contributed by atoms with Crippen LogP contribution in [0.5, 0.6) is 5.75 Å². The van der Waals surface area contributed by atoms with E-state index in [-0.39, 0.29) is 11.5 Å². The van der Waals surface area contributed by atoms with E-state index in [1.807, 2.05) is 12.1 Å². The summed E-state index contributed by atoms with van der Waals surface area (Å²) in [7, 11) is -1.86. The van der Waals surface area contributed by atoms with Crippen LogP contribution in [0.25, 0.3) is 0 Å². The predicted molar refractivity (Wildman–Crippen MR) is 90.5 cm³/mol. The van der Waals surface area contributed by atoms with Crippen LogP contribution >= 0.6 is 0 Å². The molecule has 0 heterocycles. The Kier molecular flexibility index (Phi) is 6.20. The second-order valence-corrected chi connectivity index (χ2v) is 11.7. The van der Waals surface area contributed by atoms with Gasteiger partial charge < -0.3 is 14.3 Å². The third kappa shape index (κ3) is 5.14. The number of carbonyl (C=O) groups excluding carboxylic acids is 1. The monoisotopic (exact) mass is 324 g/mol. The lowest BCUT2D eigenvalue weighted by molar-refractivity contribution is -0.145. The topological polar surface area (TPSA) is 55.8 Å². The van der Waals surface area contributed by atoms with Crippen molar-refractivity contribution in [1.29, 1.82) is 0 Å². The number of hydrogen-bond acceptors (Lipinski definition) is 4. The number of rotatable bonds is 6. The molecule has 1 aromatic carbocycles. The highest BCUT2D eigenvalue weighted by molar-refractivity contribution is 6.74. The SMILES string of the molecule is CCOC(=O)C[C@@H](O)c1ccc(O[Si](C)(C)C(C)(C)C)cc1. The maximum atomic E-state index is 11.4. The minimum Gasteiger partial charge on any atom is -0.544 e. The Morgan fingerprint density at radius 3 is 2.23 bits per heavy atom. The van der Waals surface area contributed by atoms with Crippen LogP contribution in [0.1, 0.15) is 45.8 Å². The van der Waals surface area contributed by atoms with Crippen molar-refractivity contribution in [1.82, 2.24) is 0 Å². The smallest absolute Gasteiger partial charge is 0.308 e. The van der Waals surface area contributed by atoms with E-state index in [1.54, 1.807) is 19.1 Å². The second kappa shape index (κ2) is 7.29.